The molecule has 4 nitrogen and oxygen atoms in total. The average molecular weight is 208 g/mol. The molecule has 1 aromatic rings. The molecule has 0 amide bonds. The molecule has 4 heteroatoms. The van der Waals surface area contributed by atoms with Gasteiger partial charge in [0.05, 0.1) is 18.4 Å². The van der Waals surface area contributed by atoms with Gasteiger partial charge in [0.2, 0.25) is 0 Å². The molecule has 2 heterocycles. The Morgan fingerprint density at radius 1 is 1.33 bits per heavy atom. The molecule has 0 saturated carbocycles. The van der Waals surface area contributed by atoms with Crippen molar-refractivity contribution in [1.82, 2.24) is 14.7 Å². The molecule has 1 aliphatic heterocycles. The van der Waals surface area contributed by atoms with E-state index in [-0.39, 0.29) is 0 Å². The lowest BCUT2D eigenvalue weighted by atomic mass is 10.0. The Kier molecular flexibility index (Phi) is 2.95. The van der Waals surface area contributed by atoms with Crippen molar-refractivity contribution >= 4 is 5.69 Å². The maximum atomic E-state index is 5.61. The molecular weight excluding hydrogens is 188 g/mol. The second-order valence-corrected chi connectivity index (χ2v) is 4.75. The van der Waals surface area contributed by atoms with E-state index in [0.29, 0.717) is 0 Å². The summed E-state index contributed by atoms with van der Waals surface area (Å²) in [7, 11) is 0. The summed E-state index contributed by atoms with van der Waals surface area (Å²) in [4.78, 5) is 2.51. The van der Waals surface area contributed by atoms with Crippen molar-refractivity contribution in [2.75, 3.05) is 25.4 Å². The second-order valence-electron chi connectivity index (χ2n) is 4.75. The Balaban J connectivity index is 1.79. The van der Waals surface area contributed by atoms with Crippen molar-refractivity contribution < 1.29 is 0 Å². The Bertz CT molecular complexity index is 310. The van der Waals surface area contributed by atoms with Crippen LogP contribution in [0, 0.1) is 11.8 Å². The largest absolute Gasteiger partial charge is 0.396 e. The van der Waals surface area contributed by atoms with Crippen LogP contribution in [0.15, 0.2) is 12.4 Å². The van der Waals surface area contributed by atoms with Crippen LogP contribution in [0.5, 0.6) is 0 Å². The minimum absolute atomic E-state index is 0.748. The first-order valence-corrected chi connectivity index (χ1v) is 5.65. The third kappa shape index (κ3) is 2.50. The number of nitrogens with zero attached hydrogens (tertiary/aromatic N) is 3. The van der Waals surface area contributed by atoms with Gasteiger partial charge in [-0.2, -0.15) is 5.10 Å². The first kappa shape index (κ1) is 10.5. The zero-order valence-corrected chi connectivity index (χ0v) is 9.56. The highest BCUT2D eigenvalue weighted by Crippen LogP contribution is 2.21. The van der Waals surface area contributed by atoms with E-state index in [9.17, 15) is 0 Å². The van der Waals surface area contributed by atoms with E-state index < -0.39 is 0 Å². The Hall–Kier alpha value is -1.03. The molecule has 0 radical (unpaired) electrons. The fourth-order valence-corrected chi connectivity index (χ4v) is 2.18. The summed E-state index contributed by atoms with van der Waals surface area (Å²) in [5.74, 6) is 1.65. The van der Waals surface area contributed by atoms with Crippen molar-refractivity contribution in [3.63, 3.8) is 0 Å². The van der Waals surface area contributed by atoms with Crippen molar-refractivity contribution in [1.29, 1.82) is 0 Å². The molecule has 1 aliphatic rings. The van der Waals surface area contributed by atoms with Gasteiger partial charge in [-0.05, 0) is 11.8 Å². The minimum Gasteiger partial charge on any atom is -0.396 e. The summed E-state index contributed by atoms with van der Waals surface area (Å²) in [6, 6.07) is 0. The smallest absolute Gasteiger partial charge is 0.0719 e. The third-order valence-corrected chi connectivity index (χ3v) is 3.36. The van der Waals surface area contributed by atoms with Crippen LogP contribution < -0.4 is 5.73 Å². The highest BCUT2D eigenvalue weighted by molar-refractivity contribution is 5.30. The van der Waals surface area contributed by atoms with E-state index >= 15 is 0 Å². The number of aromatic nitrogens is 2. The lowest BCUT2D eigenvalue weighted by molar-refractivity contribution is 0.303. The molecule has 0 aliphatic carbocycles. The van der Waals surface area contributed by atoms with Crippen LogP contribution in [-0.2, 0) is 6.54 Å². The molecule has 1 aromatic heterocycles. The van der Waals surface area contributed by atoms with E-state index in [0.717, 1.165) is 30.6 Å². The summed E-state index contributed by atoms with van der Waals surface area (Å²) >= 11 is 0. The maximum Gasteiger partial charge on any atom is 0.0719 e. The maximum absolute atomic E-state index is 5.61. The van der Waals surface area contributed by atoms with Crippen LogP contribution in [0.4, 0.5) is 5.69 Å². The number of anilines is 1. The first-order valence-electron chi connectivity index (χ1n) is 5.65. The average Bonchev–Trinajstić information content (AvgIpc) is 2.72. The van der Waals surface area contributed by atoms with E-state index in [1.54, 1.807) is 6.20 Å². The van der Waals surface area contributed by atoms with Gasteiger partial charge in [0, 0.05) is 25.8 Å². The number of nitrogens with two attached hydrogens (primary N) is 1. The van der Waals surface area contributed by atoms with Crippen LogP contribution >= 0.6 is 0 Å². The van der Waals surface area contributed by atoms with E-state index in [4.69, 9.17) is 5.73 Å². The van der Waals surface area contributed by atoms with Crippen molar-refractivity contribution in [2.24, 2.45) is 11.8 Å². The lowest BCUT2D eigenvalue weighted by Gasteiger charge is -2.14. The van der Waals surface area contributed by atoms with Crippen molar-refractivity contribution in [2.45, 2.75) is 20.4 Å². The standard InChI is InChI=1S/C11H20N4/c1-9-6-14(7-10(9)2)3-4-15-8-11(12)5-13-15/h5,8-10H,3-4,6-7,12H2,1-2H3. The van der Waals surface area contributed by atoms with E-state index in [1.165, 1.54) is 13.1 Å². The monoisotopic (exact) mass is 208 g/mol. The predicted octanol–water partition coefficient (Wildman–Crippen LogP) is 1.05. The van der Waals surface area contributed by atoms with Gasteiger partial charge >= 0.3 is 0 Å². The van der Waals surface area contributed by atoms with Gasteiger partial charge in [-0.3, -0.25) is 4.68 Å². The zero-order valence-electron chi connectivity index (χ0n) is 9.56. The Morgan fingerprint density at radius 2 is 2.00 bits per heavy atom. The SMILES string of the molecule is CC1CN(CCn2cc(N)cn2)CC1C. The number of hydrogen-bond donors (Lipinski definition) is 1. The zero-order chi connectivity index (χ0) is 10.8. The highest BCUT2D eigenvalue weighted by Gasteiger charge is 2.25. The van der Waals surface area contributed by atoms with Crippen molar-refractivity contribution in [3.8, 4) is 0 Å². The normalized spacial score (nSPS) is 27.3. The molecule has 0 bridgehead atoms. The van der Waals surface area contributed by atoms with Gasteiger partial charge in [0.1, 0.15) is 0 Å². The molecule has 2 unspecified atom stereocenters. The molecule has 1 fully saturated rings. The van der Waals surface area contributed by atoms with Gasteiger partial charge in [-0.15, -0.1) is 0 Å². The molecule has 84 valence electrons. The molecule has 1 saturated heterocycles. The summed E-state index contributed by atoms with van der Waals surface area (Å²) in [5, 5.41) is 4.18. The molecular formula is C11H20N4. The summed E-state index contributed by atoms with van der Waals surface area (Å²) in [5.41, 5.74) is 6.36. The fourth-order valence-electron chi connectivity index (χ4n) is 2.18. The number of likely N-dealkylation sites (tertiary alicyclic amines) is 1. The van der Waals surface area contributed by atoms with Crippen LogP contribution in [0.25, 0.3) is 0 Å². The lowest BCUT2D eigenvalue weighted by Crippen LogP contribution is -2.25. The van der Waals surface area contributed by atoms with E-state index in [2.05, 4.69) is 23.8 Å². The fraction of sp³-hybridized carbons (Fsp3) is 0.727. The third-order valence-electron chi connectivity index (χ3n) is 3.36. The number of rotatable bonds is 3. The topological polar surface area (TPSA) is 47.1 Å². The summed E-state index contributed by atoms with van der Waals surface area (Å²) in [6.07, 6.45) is 3.60. The quantitative estimate of drug-likeness (QED) is 0.807. The van der Waals surface area contributed by atoms with Gasteiger partial charge < -0.3 is 10.6 Å². The Labute approximate surface area is 91.1 Å². The van der Waals surface area contributed by atoms with Gasteiger partial charge in [-0.1, -0.05) is 13.8 Å². The summed E-state index contributed by atoms with van der Waals surface area (Å²) < 4.78 is 1.92. The molecule has 15 heavy (non-hydrogen) atoms. The van der Waals surface area contributed by atoms with Crippen LogP contribution in [0.2, 0.25) is 0 Å². The molecule has 2 N–H and O–H groups in total. The van der Waals surface area contributed by atoms with Gasteiger partial charge in [0.15, 0.2) is 0 Å². The first-order chi connectivity index (χ1) is 7.15. The van der Waals surface area contributed by atoms with Crippen LogP contribution in [-0.4, -0.2) is 34.3 Å². The number of hydrogen-bond acceptors (Lipinski definition) is 3. The van der Waals surface area contributed by atoms with E-state index in [1.807, 2.05) is 10.9 Å². The van der Waals surface area contributed by atoms with Crippen LogP contribution in [0.3, 0.4) is 0 Å². The van der Waals surface area contributed by atoms with Crippen LogP contribution in [0.1, 0.15) is 13.8 Å². The summed E-state index contributed by atoms with van der Waals surface area (Å²) in [6.45, 7) is 9.12. The molecule has 0 aromatic carbocycles. The highest BCUT2D eigenvalue weighted by atomic mass is 15.3. The minimum atomic E-state index is 0.748. The Morgan fingerprint density at radius 3 is 2.53 bits per heavy atom. The van der Waals surface area contributed by atoms with Crippen molar-refractivity contribution in [3.05, 3.63) is 12.4 Å². The predicted molar refractivity (Wildman–Crippen MR) is 61.4 cm³/mol. The van der Waals surface area contributed by atoms with Gasteiger partial charge in [-0.25, -0.2) is 0 Å². The molecule has 0 spiro atoms. The van der Waals surface area contributed by atoms with Gasteiger partial charge in [0.25, 0.3) is 0 Å². The number of nitrogen functional groups attached to an aromatic ring is 1. The second kappa shape index (κ2) is 4.23. The molecule has 2 atom stereocenters. The molecule has 2 rings (SSSR count).